The summed E-state index contributed by atoms with van der Waals surface area (Å²) in [4.78, 5) is 12.5. The molecule has 1 aromatic rings. The Morgan fingerprint density at radius 3 is 2.32 bits per heavy atom. The Kier molecular flexibility index (Phi) is 5.73. The molecule has 0 unspecified atom stereocenters. The second-order valence-electron chi connectivity index (χ2n) is 6.92. The first-order valence-corrected chi connectivity index (χ1v) is 8.28. The van der Waals surface area contributed by atoms with E-state index >= 15 is 0 Å². The number of rotatable bonds is 7. The van der Waals surface area contributed by atoms with Crippen LogP contribution in [0.25, 0.3) is 0 Å². The minimum Gasteiger partial charge on any atom is -0.336 e. The lowest BCUT2D eigenvalue weighted by Crippen LogP contribution is -2.52. The molecule has 0 radical (unpaired) electrons. The second kappa shape index (κ2) is 7.44. The molecule has 1 amide bonds. The third-order valence-corrected chi connectivity index (χ3v) is 4.18. The Labute approximate surface area is 145 Å². The van der Waals surface area contributed by atoms with Gasteiger partial charge in [0.25, 0.3) is 0 Å². The number of amides is 1. The summed E-state index contributed by atoms with van der Waals surface area (Å²) in [5.74, 6) is -0.539. The van der Waals surface area contributed by atoms with Crippen LogP contribution in [0.4, 0.5) is 13.2 Å². The molecule has 25 heavy (non-hydrogen) atoms. The number of nitrogens with one attached hydrogen (secondary N) is 2. The van der Waals surface area contributed by atoms with Crippen molar-refractivity contribution in [3.05, 3.63) is 35.9 Å². The maximum Gasteiger partial charge on any atom is 0.407 e. The first kappa shape index (κ1) is 19.3. The number of alkyl halides is 3. The predicted octanol–water partition coefficient (Wildman–Crippen LogP) is 3.47. The van der Waals surface area contributed by atoms with E-state index in [1.165, 1.54) is 24.3 Å². The van der Waals surface area contributed by atoms with Crippen LogP contribution < -0.4 is 10.6 Å². The van der Waals surface area contributed by atoms with Gasteiger partial charge < -0.3 is 5.32 Å². The van der Waals surface area contributed by atoms with Crippen LogP contribution in [0.3, 0.4) is 0 Å². The largest absolute Gasteiger partial charge is 0.407 e. The normalized spacial score (nSPS) is 18.3. The first-order valence-electron chi connectivity index (χ1n) is 8.28. The number of nitriles is 1. The van der Waals surface area contributed by atoms with E-state index in [4.69, 9.17) is 5.26 Å². The molecule has 2 atom stereocenters. The van der Waals surface area contributed by atoms with Crippen molar-refractivity contribution in [2.45, 2.75) is 56.9 Å². The minimum atomic E-state index is -4.54. The number of benzene rings is 1. The van der Waals surface area contributed by atoms with Crippen LogP contribution in [0.1, 0.15) is 44.7 Å². The molecule has 1 aromatic carbocycles. The molecule has 4 nitrogen and oxygen atoms in total. The van der Waals surface area contributed by atoms with Gasteiger partial charge in [-0.2, -0.15) is 18.4 Å². The number of carbonyl (C=O) groups excluding carboxylic acids is 1. The van der Waals surface area contributed by atoms with E-state index in [1.54, 1.807) is 6.07 Å². The zero-order valence-electron chi connectivity index (χ0n) is 14.2. The molecule has 0 saturated heterocycles. The van der Waals surface area contributed by atoms with Crippen molar-refractivity contribution in [2.24, 2.45) is 5.92 Å². The van der Waals surface area contributed by atoms with Gasteiger partial charge in [0.15, 0.2) is 0 Å². The van der Waals surface area contributed by atoms with Gasteiger partial charge in [-0.1, -0.05) is 44.2 Å². The average molecular weight is 353 g/mol. The molecular formula is C18H22F3N3O. The van der Waals surface area contributed by atoms with Gasteiger partial charge in [-0.05, 0) is 30.7 Å². The van der Waals surface area contributed by atoms with Crippen LogP contribution >= 0.6 is 0 Å². The molecule has 1 aliphatic carbocycles. The quantitative estimate of drug-likeness (QED) is 0.789. The molecule has 1 fully saturated rings. The molecule has 7 heteroatoms. The highest BCUT2D eigenvalue weighted by Crippen LogP contribution is 2.36. The monoisotopic (exact) mass is 353 g/mol. The lowest BCUT2D eigenvalue weighted by molar-refractivity contribution is -0.161. The van der Waals surface area contributed by atoms with Crippen molar-refractivity contribution in [2.75, 3.05) is 0 Å². The van der Waals surface area contributed by atoms with Gasteiger partial charge in [0, 0.05) is 0 Å². The van der Waals surface area contributed by atoms with Crippen molar-refractivity contribution in [3.8, 4) is 6.07 Å². The maximum absolute atomic E-state index is 13.5. The molecule has 0 heterocycles. The summed E-state index contributed by atoms with van der Waals surface area (Å²) in [6, 6.07) is 6.51. The van der Waals surface area contributed by atoms with Crippen molar-refractivity contribution in [1.29, 1.82) is 5.26 Å². The van der Waals surface area contributed by atoms with Crippen molar-refractivity contribution in [3.63, 3.8) is 0 Å². The molecule has 0 aliphatic heterocycles. The number of hydrogen-bond acceptors (Lipinski definition) is 3. The van der Waals surface area contributed by atoms with E-state index in [0.717, 1.165) is 0 Å². The van der Waals surface area contributed by atoms with Crippen molar-refractivity contribution >= 4 is 5.91 Å². The Bertz CT molecular complexity index is 633. The van der Waals surface area contributed by atoms with Gasteiger partial charge in [-0.15, -0.1) is 0 Å². The van der Waals surface area contributed by atoms with Crippen molar-refractivity contribution < 1.29 is 18.0 Å². The van der Waals surface area contributed by atoms with E-state index in [2.05, 4.69) is 10.6 Å². The first-order chi connectivity index (χ1) is 11.7. The fraction of sp³-hybridized carbons (Fsp3) is 0.556. The van der Waals surface area contributed by atoms with Gasteiger partial charge >= 0.3 is 6.18 Å². The Morgan fingerprint density at radius 2 is 1.88 bits per heavy atom. The van der Waals surface area contributed by atoms with Gasteiger partial charge in [0.2, 0.25) is 5.91 Å². The smallest absolute Gasteiger partial charge is 0.336 e. The Hall–Kier alpha value is -2.07. The van der Waals surface area contributed by atoms with E-state index in [-0.39, 0.29) is 17.9 Å². The average Bonchev–Trinajstić information content (AvgIpc) is 3.30. The summed E-state index contributed by atoms with van der Waals surface area (Å²) >= 11 is 0. The molecule has 0 bridgehead atoms. The molecule has 1 aliphatic rings. The number of hydrogen-bond donors (Lipinski definition) is 2. The van der Waals surface area contributed by atoms with Gasteiger partial charge in [0.1, 0.15) is 11.6 Å². The summed E-state index contributed by atoms with van der Waals surface area (Å²) < 4.78 is 40.6. The highest BCUT2D eigenvalue weighted by atomic mass is 19.4. The molecule has 136 valence electrons. The zero-order valence-corrected chi connectivity index (χ0v) is 14.2. The lowest BCUT2D eigenvalue weighted by Gasteiger charge is -2.29. The summed E-state index contributed by atoms with van der Waals surface area (Å²) in [5, 5.41) is 14.2. The molecule has 1 saturated carbocycles. The zero-order chi connectivity index (χ0) is 18.7. The molecule has 0 spiro atoms. The molecule has 0 aromatic heterocycles. The van der Waals surface area contributed by atoms with Crippen LogP contribution in [0.2, 0.25) is 0 Å². The predicted molar refractivity (Wildman–Crippen MR) is 87.3 cm³/mol. The number of carbonyl (C=O) groups is 1. The summed E-state index contributed by atoms with van der Waals surface area (Å²) in [5.41, 5.74) is -0.855. The van der Waals surface area contributed by atoms with Crippen molar-refractivity contribution in [1.82, 2.24) is 10.6 Å². The summed E-state index contributed by atoms with van der Waals surface area (Å²) in [6.07, 6.45) is -3.23. The summed E-state index contributed by atoms with van der Waals surface area (Å²) in [6.45, 7) is 3.68. The van der Waals surface area contributed by atoms with Crippen LogP contribution in [-0.4, -0.2) is 23.7 Å². The Morgan fingerprint density at radius 1 is 1.28 bits per heavy atom. The maximum atomic E-state index is 13.5. The van der Waals surface area contributed by atoms with E-state index in [1.807, 2.05) is 19.9 Å². The van der Waals surface area contributed by atoms with Gasteiger partial charge in [-0.25, -0.2) is 0 Å². The fourth-order valence-electron chi connectivity index (χ4n) is 2.66. The standard InChI is InChI=1S/C18H22F3N3O/c1-12(2)10-14(16(25)24-17(11-22)8-9-17)23-15(18(19,20)21)13-6-4-3-5-7-13/h3-7,12,14-15,23H,8-10H2,1-2H3,(H,24,25)/t14-,15-/m0/s1. The third-order valence-electron chi connectivity index (χ3n) is 4.18. The lowest BCUT2D eigenvalue weighted by atomic mass is 9.99. The topological polar surface area (TPSA) is 64.9 Å². The van der Waals surface area contributed by atoms with Gasteiger partial charge in [0.05, 0.1) is 12.1 Å². The second-order valence-corrected chi connectivity index (χ2v) is 6.92. The summed E-state index contributed by atoms with van der Waals surface area (Å²) in [7, 11) is 0. The minimum absolute atomic E-state index is 0.0187. The van der Waals surface area contributed by atoms with Crippen LogP contribution in [-0.2, 0) is 4.79 Å². The highest BCUT2D eigenvalue weighted by Gasteiger charge is 2.47. The number of halogens is 3. The molecule has 2 N–H and O–H groups in total. The van der Waals surface area contributed by atoms with E-state index < -0.39 is 29.7 Å². The van der Waals surface area contributed by atoms with E-state index in [9.17, 15) is 18.0 Å². The van der Waals surface area contributed by atoms with E-state index in [0.29, 0.717) is 12.8 Å². The highest BCUT2D eigenvalue weighted by molar-refractivity contribution is 5.83. The van der Waals surface area contributed by atoms with Crippen LogP contribution in [0.15, 0.2) is 30.3 Å². The van der Waals surface area contributed by atoms with Gasteiger partial charge in [-0.3, -0.25) is 10.1 Å². The SMILES string of the molecule is CC(C)C[C@H](N[C@@H](c1ccccc1)C(F)(F)F)C(=O)NC1(C#N)CC1. The Balaban J connectivity index is 2.21. The third kappa shape index (κ3) is 5.20. The fourth-order valence-corrected chi connectivity index (χ4v) is 2.66. The van der Waals surface area contributed by atoms with Crippen LogP contribution in [0, 0.1) is 17.2 Å². The molecular weight excluding hydrogens is 331 g/mol. The van der Waals surface area contributed by atoms with Crippen LogP contribution in [0.5, 0.6) is 0 Å². The number of nitrogens with zero attached hydrogens (tertiary/aromatic N) is 1. The molecule has 2 rings (SSSR count).